The quantitative estimate of drug-likeness (QED) is 0.309. The molecule has 0 saturated carbocycles. The van der Waals surface area contributed by atoms with Crippen LogP contribution in [0.25, 0.3) is 39.4 Å². The first-order chi connectivity index (χ1) is 18.5. The minimum Gasteiger partial charge on any atom is -0.490 e. The van der Waals surface area contributed by atoms with Gasteiger partial charge in [-0.3, -0.25) is 4.79 Å². The van der Waals surface area contributed by atoms with Gasteiger partial charge in [0.15, 0.2) is 5.82 Å². The predicted octanol–water partition coefficient (Wildman–Crippen LogP) is 5.20. The lowest BCUT2D eigenvalue weighted by Crippen LogP contribution is -2.23. The fraction of sp³-hybridized carbons (Fsp3) is 0.103. The molecule has 0 fully saturated rings. The summed E-state index contributed by atoms with van der Waals surface area (Å²) in [5, 5.41) is 10.0. The lowest BCUT2D eigenvalue weighted by Gasteiger charge is -2.04. The van der Waals surface area contributed by atoms with Crippen molar-refractivity contribution in [2.75, 3.05) is 0 Å². The third-order valence-corrected chi connectivity index (χ3v) is 7.71. The van der Waals surface area contributed by atoms with Crippen LogP contribution in [0.4, 0.5) is 0 Å². The maximum absolute atomic E-state index is 13.3. The van der Waals surface area contributed by atoms with Gasteiger partial charge in [0.25, 0.3) is 5.56 Å². The number of nitrogens with zero attached hydrogens (tertiary/aromatic N) is 5. The first-order valence-electron chi connectivity index (χ1n) is 12.1. The van der Waals surface area contributed by atoms with Crippen LogP contribution < -0.4 is 14.8 Å². The summed E-state index contributed by atoms with van der Waals surface area (Å²) >= 11 is 7.31. The molecule has 6 aromatic rings. The van der Waals surface area contributed by atoms with Gasteiger partial charge in [0.2, 0.25) is 4.96 Å². The molecule has 7 nitrogen and oxygen atoms in total. The van der Waals surface area contributed by atoms with E-state index < -0.39 is 0 Å². The zero-order valence-corrected chi connectivity index (χ0v) is 21.8. The summed E-state index contributed by atoms with van der Waals surface area (Å²) in [6.07, 6.45) is 4.84. The van der Waals surface area contributed by atoms with Gasteiger partial charge >= 0.3 is 0 Å². The van der Waals surface area contributed by atoms with Crippen LogP contribution in [-0.4, -0.2) is 30.5 Å². The predicted molar refractivity (Wildman–Crippen MR) is 149 cm³/mol. The Balaban J connectivity index is 1.35. The standard InChI is InChI=1S/C29H20ClN5O2S/c1-17-13-20-14-19(9-12-24(20)37-17)26-21(16-34(32-26)23-5-3-2-4-6-23)15-25-28(36)35-29(38-25)31-27(33-35)18-7-10-22(30)11-8-18/h2-12,14-17H,13H2,1H3. The molecule has 0 N–H and O–H groups in total. The van der Waals surface area contributed by atoms with E-state index in [9.17, 15) is 4.79 Å². The molecule has 9 heteroatoms. The van der Waals surface area contributed by atoms with E-state index in [1.54, 1.807) is 12.1 Å². The van der Waals surface area contributed by atoms with E-state index in [2.05, 4.69) is 23.1 Å². The number of ether oxygens (including phenoxy) is 1. The molecule has 1 atom stereocenters. The summed E-state index contributed by atoms with van der Waals surface area (Å²) < 4.78 is 9.62. The fourth-order valence-electron chi connectivity index (χ4n) is 4.70. The second kappa shape index (κ2) is 8.93. The molecule has 7 rings (SSSR count). The molecule has 38 heavy (non-hydrogen) atoms. The van der Waals surface area contributed by atoms with Crippen LogP contribution in [0, 0.1) is 0 Å². The van der Waals surface area contributed by atoms with E-state index in [1.165, 1.54) is 15.9 Å². The monoisotopic (exact) mass is 537 g/mol. The molecule has 0 saturated heterocycles. The average Bonchev–Trinajstić information content (AvgIpc) is 3.69. The Bertz CT molecular complexity index is 1930. The van der Waals surface area contributed by atoms with Gasteiger partial charge in [-0.15, -0.1) is 5.10 Å². The van der Waals surface area contributed by atoms with Crippen molar-refractivity contribution in [1.82, 2.24) is 24.4 Å². The van der Waals surface area contributed by atoms with E-state index in [-0.39, 0.29) is 11.7 Å². The van der Waals surface area contributed by atoms with Gasteiger partial charge in [0.05, 0.1) is 10.2 Å². The average molecular weight is 538 g/mol. The van der Waals surface area contributed by atoms with E-state index in [1.807, 2.05) is 71.6 Å². The Morgan fingerprint density at radius 2 is 1.82 bits per heavy atom. The zero-order chi connectivity index (χ0) is 25.8. The van der Waals surface area contributed by atoms with Gasteiger partial charge in [0, 0.05) is 34.3 Å². The van der Waals surface area contributed by atoms with E-state index in [4.69, 9.17) is 21.4 Å². The summed E-state index contributed by atoms with van der Waals surface area (Å²) in [6, 6.07) is 23.3. The topological polar surface area (TPSA) is 74.3 Å². The molecule has 1 aliphatic rings. The number of rotatable bonds is 4. The van der Waals surface area contributed by atoms with Gasteiger partial charge in [-0.05, 0) is 73.2 Å². The highest BCUT2D eigenvalue weighted by Gasteiger charge is 2.21. The lowest BCUT2D eigenvalue weighted by atomic mass is 10.0. The molecule has 1 aliphatic heterocycles. The molecular formula is C29H20ClN5O2S. The number of fused-ring (bicyclic) bond motifs is 2. The smallest absolute Gasteiger partial charge is 0.291 e. The fourth-order valence-corrected chi connectivity index (χ4v) is 5.72. The number of hydrogen-bond donors (Lipinski definition) is 0. The molecule has 3 aromatic heterocycles. The first-order valence-corrected chi connectivity index (χ1v) is 13.3. The minimum absolute atomic E-state index is 0.156. The van der Waals surface area contributed by atoms with Crippen molar-refractivity contribution >= 4 is 34.0 Å². The van der Waals surface area contributed by atoms with Crippen LogP contribution in [0.1, 0.15) is 18.1 Å². The highest BCUT2D eigenvalue weighted by atomic mass is 35.5. The summed E-state index contributed by atoms with van der Waals surface area (Å²) in [7, 11) is 0. The Hall–Kier alpha value is -4.27. The molecule has 0 spiro atoms. The number of thiazole rings is 1. The SMILES string of the molecule is CC1Cc2cc(-c3nn(-c4ccccc4)cc3C=c3sc4nc(-c5ccc(Cl)cc5)nn4c3=O)ccc2O1. The van der Waals surface area contributed by atoms with Crippen LogP contribution in [0.5, 0.6) is 5.75 Å². The normalized spacial score (nSPS) is 15.2. The van der Waals surface area contributed by atoms with E-state index in [0.717, 1.165) is 45.8 Å². The van der Waals surface area contributed by atoms with Crippen molar-refractivity contribution in [3.05, 3.63) is 110 Å². The van der Waals surface area contributed by atoms with Crippen molar-refractivity contribution in [2.45, 2.75) is 19.4 Å². The van der Waals surface area contributed by atoms with Crippen molar-refractivity contribution in [3.8, 4) is 34.1 Å². The molecular weight excluding hydrogens is 518 g/mol. The van der Waals surface area contributed by atoms with Crippen LogP contribution in [0.2, 0.25) is 5.02 Å². The lowest BCUT2D eigenvalue weighted by molar-refractivity contribution is 0.254. The van der Waals surface area contributed by atoms with E-state index in [0.29, 0.717) is 20.3 Å². The Morgan fingerprint density at radius 1 is 1.03 bits per heavy atom. The van der Waals surface area contributed by atoms with Crippen LogP contribution >= 0.6 is 22.9 Å². The van der Waals surface area contributed by atoms with Crippen molar-refractivity contribution in [1.29, 1.82) is 0 Å². The summed E-state index contributed by atoms with van der Waals surface area (Å²) in [6.45, 7) is 2.07. The second-order valence-corrected chi connectivity index (χ2v) is 10.7. The summed E-state index contributed by atoms with van der Waals surface area (Å²) in [5.74, 6) is 1.40. The maximum atomic E-state index is 13.3. The minimum atomic E-state index is -0.215. The van der Waals surface area contributed by atoms with Gasteiger partial charge in [-0.2, -0.15) is 14.6 Å². The van der Waals surface area contributed by atoms with Crippen molar-refractivity contribution in [3.63, 3.8) is 0 Å². The van der Waals surface area contributed by atoms with Crippen LogP contribution in [0.15, 0.2) is 83.8 Å². The molecule has 4 heterocycles. The Morgan fingerprint density at radius 3 is 2.61 bits per heavy atom. The maximum Gasteiger partial charge on any atom is 0.291 e. The first kappa shape index (κ1) is 22.9. The molecule has 3 aromatic carbocycles. The van der Waals surface area contributed by atoms with Crippen molar-refractivity contribution in [2.24, 2.45) is 0 Å². The third kappa shape index (κ3) is 3.98. The van der Waals surface area contributed by atoms with Crippen LogP contribution in [-0.2, 0) is 6.42 Å². The van der Waals surface area contributed by atoms with Crippen molar-refractivity contribution < 1.29 is 4.74 Å². The van der Waals surface area contributed by atoms with Gasteiger partial charge in [-0.25, -0.2) is 4.68 Å². The van der Waals surface area contributed by atoms with Gasteiger partial charge < -0.3 is 4.74 Å². The molecule has 186 valence electrons. The molecule has 0 aliphatic carbocycles. The molecule has 0 amide bonds. The summed E-state index contributed by atoms with van der Waals surface area (Å²) in [5.41, 5.74) is 5.28. The van der Waals surface area contributed by atoms with E-state index >= 15 is 0 Å². The molecule has 0 radical (unpaired) electrons. The zero-order valence-electron chi connectivity index (χ0n) is 20.2. The number of para-hydroxylation sites is 1. The highest BCUT2D eigenvalue weighted by Crippen LogP contribution is 2.34. The van der Waals surface area contributed by atoms with Gasteiger partial charge in [0.1, 0.15) is 17.5 Å². The van der Waals surface area contributed by atoms with Crippen LogP contribution in [0.3, 0.4) is 0 Å². The molecule has 0 bridgehead atoms. The number of aromatic nitrogens is 5. The Labute approximate surface area is 226 Å². The largest absolute Gasteiger partial charge is 0.490 e. The Kier molecular flexibility index (Phi) is 5.38. The number of halogens is 1. The van der Waals surface area contributed by atoms with Gasteiger partial charge in [-0.1, -0.05) is 41.1 Å². The summed E-state index contributed by atoms with van der Waals surface area (Å²) in [4.78, 5) is 18.4. The molecule has 1 unspecified atom stereocenters. The third-order valence-electron chi connectivity index (χ3n) is 6.50. The number of hydrogen-bond acceptors (Lipinski definition) is 6. The number of benzene rings is 3. The second-order valence-electron chi connectivity index (χ2n) is 9.22. The highest BCUT2D eigenvalue weighted by molar-refractivity contribution is 7.15.